The van der Waals surface area contributed by atoms with E-state index in [2.05, 4.69) is 41.3 Å². The minimum Gasteiger partial charge on any atom is -0.365 e. The monoisotopic (exact) mass is 322 g/mol. The van der Waals surface area contributed by atoms with Gasteiger partial charge in [-0.3, -0.25) is 4.90 Å². The average molecular weight is 322 g/mol. The Bertz CT molecular complexity index is 493. The summed E-state index contributed by atoms with van der Waals surface area (Å²) < 4.78 is 11.8. The molecule has 1 aliphatic heterocycles. The van der Waals surface area contributed by atoms with Crippen molar-refractivity contribution in [1.82, 2.24) is 20.4 Å². The van der Waals surface area contributed by atoms with Crippen molar-refractivity contribution in [3.8, 4) is 0 Å². The highest BCUT2D eigenvalue weighted by Crippen LogP contribution is 2.31. The molecule has 3 rings (SSSR count). The molecular weight excluding hydrogens is 292 g/mol. The van der Waals surface area contributed by atoms with Crippen LogP contribution < -0.4 is 5.32 Å². The van der Waals surface area contributed by atoms with E-state index in [-0.39, 0.29) is 12.1 Å². The van der Waals surface area contributed by atoms with Gasteiger partial charge in [-0.05, 0) is 32.2 Å². The molecule has 1 saturated heterocycles. The third-order valence-corrected chi connectivity index (χ3v) is 5.16. The maximum atomic E-state index is 6.30. The molecular formula is C17H30N4O2. The first-order valence-corrected chi connectivity index (χ1v) is 9.07. The van der Waals surface area contributed by atoms with E-state index in [1.165, 1.54) is 12.8 Å². The number of aromatic nitrogens is 2. The summed E-state index contributed by atoms with van der Waals surface area (Å²) in [6.45, 7) is 7.32. The first-order valence-electron chi connectivity index (χ1n) is 9.07. The van der Waals surface area contributed by atoms with Gasteiger partial charge in [0.25, 0.3) is 5.89 Å². The Balaban J connectivity index is 1.64. The molecule has 1 aromatic heterocycles. The first kappa shape index (κ1) is 16.9. The molecule has 1 saturated carbocycles. The topological polar surface area (TPSA) is 63.4 Å². The molecule has 4 atom stereocenters. The SMILES string of the molecule is CCC(OC1CCCC(C)C1)c1nc(C2CNCCN2C)no1. The molecule has 2 heterocycles. The van der Waals surface area contributed by atoms with Gasteiger partial charge in [0.05, 0.1) is 12.1 Å². The Hall–Kier alpha value is -0.980. The maximum Gasteiger partial charge on any atom is 0.255 e. The number of rotatable bonds is 5. The molecule has 6 nitrogen and oxygen atoms in total. The van der Waals surface area contributed by atoms with E-state index < -0.39 is 0 Å². The molecule has 1 aliphatic carbocycles. The van der Waals surface area contributed by atoms with Crippen LogP contribution in [0.3, 0.4) is 0 Å². The second kappa shape index (κ2) is 7.73. The van der Waals surface area contributed by atoms with Gasteiger partial charge in [-0.2, -0.15) is 4.98 Å². The molecule has 0 amide bonds. The Kier molecular flexibility index (Phi) is 5.67. The fourth-order valence-electron chi connectivity index (χ4n) is 3.67. The fourth-order valence-corrected chi connectivity index (χ4v) is 3.67. The molecule has 130 valence electrons. The summed E-state index contributed by atoms with van der Waals surface area (Å²) in [5, 5.41) is 7.61. The predicted molar refractivity (Wildman–Crippen MR) is 88.1 cm³/mol. The Morgan fingerprint density at radius 3 is 3.04 bits per heavy atom. The van der Waals surface area contributed by atoms with Crippen molar-refractivity contribution in [2.45, 2.75) is 64.2 Å². The van der Waals surface area contributed by atoms with Crippen LogP contribution in [0.2, 0.25) is 0 Å². The lowest BCUT2D eigenvalue weighted by atomic mass is 9.88. The third kappa shape index (κ3) is 4.11. The van der Waals surface area contributed by atoms with Gasteiger partial charge >= 0.3 is 0 Å². The first-order chi connectivity index (χ1) is 11.2. The maximum absolute atomic E-state index is 6.30. The van der Waals surface area contributed by atoms with E-state index in [0.29, 0.717) is 12.0 Å². The Labute approximate surface area is 139 Å². The van der Waals surface area contributed by atoms with Gasteiger partial charge in [0.1, 0.15) is 6.10 Å². The lowest BCUT2D eigenvalue weighted by Gasteiger charge is -2.30. The molecule has 1 aromatic rings. The molecule has 0 bridgehead atoms. The predicted octanol–water partition coefficient (Wildman–Crippen LogP) is 2.69. The summed E-state index contributed by atoms with van der Waals surface area (Å²) in [6.07, 6.45) is 6.00. The van der Waals surface area contributed by atoms with Crippen LogP contribution in [0.4, 0.5) is 0 Å². The van der Waals surface area contributed by atoms with Gasteiger partial charge in [-0.1, -0.05) is 31.8 Å². The molecule has 0 spiro atoms. The van der Waals surface area contributed by atoms with Gasteiger partial charge in [0.15, 0.2) is 5.82 Å². The van der Waals surface area contributed by atoms with Crippen LogP contribution in [0.25, 0.3) is 0 Å². The second-order valence-corrected chi connectivity index (χ2v) is 7.12. The molecule has 23 heavy (non-hydrogen) atoms. The average Bonchev–Trinajstić information content (AvgIpc) is 3.02. The number of nitrogens with zero attached hydrogens (tertiary/aromatic N) is 3. The summed E-state index contributed by atoms with van der Waals surface area (Å²) in [5.41, 5.74) is 0. The summed E-state index contributed by atoms with van der Waals surface area (Å²) in [6, 6.07) is 0.188. The number of hydrogen-bond donors (Lipinski definition) is 1. The molecule has 2 aliphatic rings. The molecule has 0 aromatic carbocycles. The lowest BCUT2D eigenvalue weighted by Crippen LogP contribution is -2.44. The minimum atomic E-state index is -0.0756. The molecule has 0 radical (unpaired) electrons. The number of piperazine rings is 1. The summed E-state index contributed by atoms with van der Waals surface area (Å²) >= 11 is 0. The summed E-state index contributed by atoms with van der Waals surface area (Å²) in [4.78, 5) is 6.93. The fraction of sp³-hybridized carbons (Fsp3) is 0.882. The van der Waals surface area contributed by atoms with Gasteiger partial charge in [0, 0.05) is 19.6 Å². The van der Waals surface area contributed by atoms with Crippen molar-refractivity contribution in [2.24, 2.45) is 5.92 Å². The number of ether oxygens (including phenoxy) is 1. The highest BCUT2D eigenvalue weighted by molar-refractivity contribution is 4.99. The van der Waals surface area contributed by atoms with Crippen LogP contribution in [-0.2, 0) is 4.74 Å². The van der Waals surface area contributed by atoms with Crippen molar-refractivity contribution in [2.75, 3.05) is 26.7 Å². The highest BCUT2D eigenvalue weighted by Gasteiger charge is 2.29. The van der Waals surface area contributed by atoms with Crippen molar-refractivity contribution >= 4 is 0 Å². The standard InChI is InChI=1S/C17H30N4O2/c1-4-15(22-13-7-5-6-12(2)10-13)17-19-16(20-23-17)14-11-18-8-9-21(14)3/h12-15,18H,4-11H2,1-3H3. The quantitative estimate of drug-likeness (QED) is 0.899. The smallest absolute Gasteiger partial charge is 0.255 e. The van der Waals surface area contributed by atoms with Crippen LogP contribution in [0.5, 0.6) is 0 Å². The zero-order valence-corrected chi connectivity index (χ0v) is 14.6. The molecule has 6 heteroatoms. The van der Waals surface area contributed by atoms with Crippen LogP contribution >= 0.6 is 0 Å². The van der Waals surface area contributed by atoms with E-state index in [9.17, 15) is 0 Å². The minimum absolute atomic E-state index is 0.0756. The summed E-state index contributed by atoms with van der Waals surface area (Å²) in [7, 11) is 2.11. The summed E-state index contributed by atoms with van der Waals surface area (Å²) in [5.74, 6) is 2.17. The van der Waals surface area contributed by atoms with Crippen molar-refractivity contribution in [3.05, 3.63) is 11.7 Å². The Morgan fingerprint density at radius 1 is 1.43 bits per heavy atom. The van der Waals surface area contributed by atoms with Gasteiger partial charge in [0.2, 0.25) is 0 Å². The molecule has 4 unspecified atom stereocenters. The zero-order chi connectivity index (χ0) is 16.2. The second-order valence-electron chi connectivity index (χ2n) is 7.12. The van der Waals surface area contributed by atoms with Gasteiger partial charge in [-0.15, -0.1) is 0 Å². The van der Waals surface area contributed by atoms with Crippen LogP contribution in [0.1, 0.15) is 69.8 Å². The van der Waals surface area contributed by atoms with Crippen LogP contribution in [0, 0.1) is 5.92 Å². The largest absolute Gasteiger partial charge is 0.365 e. The van der Waals surface area contributed by atoms with E-state index in [1.807, 2.05) is 0 Å². The van der Waals surface area contributed by atoms with E-state index in [0.717, 1.165) is 50.6 Å². The number of nitrogens with one attached hydrogen (secondary N) is 1. The zero-order valence-electron chi connectivity index (χ0n) is 14.6. The van der Waals surface area contributed by atoms with Crippen LogP contribution in [0.15, 0.2) is 4.52 Å². The van der Waals surface area contributed by atoms with Crippen molar-refractivity contribution < 1.29 is 9.26 Å². The van der Waals surface area contributed by atoms with Crippen molar-refractivity contribution in [3.63, 3.8) is 0 Å². The van der Waals surface area contributed by atoms with Gasteiger partial charge in [-0.25, -0.2) is 0 Å². The van der Waals surface area contributed by atoms with Crippen LogP contribution in [-0.4, -0.2) is 47.8 Å². The highest BCUT2D eigenvalue weighted by atomic mass is 16.5. The van der Waals surface area contributed by atoms with E-state index in [4.69, 9.17) is 9.26 Å². The van der Waals surface area contributed by atoms with E-state index in [1.54, 1.807) is 0 Å². The third-order valence-electron chi connectivity index (χ3n) is 5.16. The van der Waals surface area contributed by atoms with E-state index >= 15 is 0 Å². The normalized spacial score (nSPS) is 31.2. The Morgan fingerprint density at radius 2 is 2.30 bits per heavy atom. The number of hydrogen-bond acceptors (Lipinski definition) is 6. The van der Waals surface area contributed by atoms with Gasteiger partial charge < -0.3 is 14.6 Å². The number of likely N-dealkylation sites (N-methyl/N-ethyl adjacent to an activating group) is 1. The molecule has 2 fully saturated rings. The van der Waals surface area contributed by atoms with Crippen molar-refractivity contribution in [1.29, 1.82) is 0 Å². The molecule has 1 N–H and O–H groups in total. The lowest BCUT2D eigenvalue weighted by molar-refractivity contribution is -0.0547.